The van der Waals surface area contributed by atoms with E-state index in [4.69, 9.17) is 0 Å². The second-order valence-corrected chi connectivity index (χ2v) is 9.83. The summed E-state index contributed by atoms with van der Waals surface area (Å²) in [7, 11) is 0. The van der Waals surface area contributed by atoms with E-state index >= 15 is 0 Å². The largest absolute Gasteiger partial charge is 0.0619 e. The molecule has 0 spiro atoms. The third-order valence-electron chi connectivity index (χ3n) is 5.47. The van der Waals surface area contributed by atoms with Crippen molar-refractivity contribution in [2.75, 3.05) is 0 Å². The highest BCUT2D eigenvalue weighted by Crippen LogP contribution is 2.50. The molecular formula is C24H32. The first kappa shape index (κ1) is 17.3. The summed E-state index contributed by atoms with van der Waals surface area (Å²) in [6.45, 7) is 18.5. The molecular weight excluding hydrogens is 288 g/mol. The van der Waals surface area contributed by atoms with Crippen molar-refractivity contribution in [3.63, 3.8) is 0 Å². The van der Waals surface area contributed by atoms with Gasteiger partial charge in [-0.25, -0.2) is 0 Å². The molecule has 2 aromatic rings. The third kappa shape index (κ3) is 2.81. The number of benzene rings is 2. The van der Waals surface area contributed by atoms with Crippen LogP contribution in [0.25, 0.3) is 11.1 Å². The SMILES string of the molecule is CC(C)C1c2ccc(C(C)(C)C)cc2-c2cc(C(C)(C)C)ccc21. The predicted octanol–water partition coefficient (Wildman–Crippen LogP) is 7.05. The highest BCUT2D eigenvalue weighted by atomic mass is 14.4. The van der Waals surface area contributed by atoms with Crippen LogP contribution < -0.4 is 0 Å². The maximum atomic E-state index is 2.45. The molecule has 0 fully saturated rings. The van der Waals surface area contributed by atoms with Crippen LogP contribution in [0, 0.1) is 5.92 Å². The van der Waals surface area contributed by atoms with E-state index in [0.717, 1.165) is 0 Å². The molecule has 0 saturated heterocycles. The lowest BCUT2D eigenvalue weighted by molar-refractivity contribution is 0.568. The molecule has 3 rings (SSSR count). The summed E-state index contributed by atoms with van der Waals surface area (Å²) in [4.78, 5) is 0. The Kier molecular flexibility index (Phi) is 3.94. The molecule has 24 heavy (non-hydrogen) atoms. The lowest BCUT2D eigenvalue weighted by Crippen LogP contribution is -2.11. The molecule has 0 amide bonds. The van der Waals surface area contributed by atoms with Gasteiger partial charge in [0.1, 0.15) is 0 Å². The van der Waals surface area contributed by atoms with Gasteiger partial charge in [0.15, 0.2) is 0 Å². The van der Waals surface area contributed by atoms with E-state index in [-0.39, 0.29) is 10.8 Å². The lowest BCUT2D eigenvalue weighted by Gasteiger charge is -2.22. The van der Waals surface area contributed by atoms with Crippen LogP contribution in [-0.2, 0) is 10.8 Å². The maximum absolute atomic E-state index is 2.45. The van der Waals surface area contributed by atoms with Crippen molar-refractivity contribution < 1.29 is 0 Å². The minimum absolute atomic E-state index is 0.187. The minimum Gasteiger partial charge on any atom is -0.0619 e. The molecule has 0 nitrogen and oxygen atoms in total. The molecule has 0 bridgehead atoms. The van der Waals surface area contributed by atoms with E-state index in [1.807, 2.05) is 0 Å². The molecule has 128 valence electrons. The first-order valence-corrected chi connectivity index (χ1v) is 9.29. The van der Waals surface area contributed by atoms with Crippen LogP contribution in [0.15, 0.2) is 36.4 Å². The van der Waals surface area contributed by atoms with Crippen molar-refractivity contribution in [1.29, 1.82) is 0 Å². The number of rotatable bonds is 1. The van der Waals surface area contributed by atoms with Crippen LogP contribution in [0.4, 0.5) is 0 Å². The fourth-order valence-corrected chi connectivity index (χ4v) is 3.94. The summed E-state index contributed by atoms with van der Waals surface area (Å²) in [5.41, 5.74) is 9.18. The van der Waals surface area contributed by atoms with E-state index < -0.39 is 0 Å². The molecule has 0 heteroatoms. The Morgan fingerprint density at radius 2 is 1.04 bits per heavy atom. The van der Waals surface area contributed by atoms with Crippen LogP contribution in [0.5, 0.6) is 0 Å². The van der Waals surface area contributed by atoms with Gasteiger partial charge in [0.2, 0.25) is 0 Å². The summed E-state index contributed by atoms with van der Waals surface area (Å²) >= 11 is 0. The van der Waals surface area contributed by atoms with Crippen LogP contribution >= 0.6 is 0 Å². The normalized spacial score (nSPS) is 14.9. The Morgan fingerprint density at radius 1 is 0.667 bits per heavy atom. The Bertz CT molecular complexity index is 700. The molecule has 2 aromatic carbocycles. The van der Waals surface area contributed by atoms with E-state index in [0.29, 0.717) is 11.8 Å². The Balaban J connectivity index is 2.25. The molecule has 0 aromatic heterocycles. The summed E-state index contributed by atoms with van der Waals surface area (Å²) < 4.78 is 0. The summed E-state index contributed by atoms with van der Waals surface area (Å²) in [5.74, 6) is 1.14. The van der Waals surface area contributed by atoms with Gasteiger partial charge in [0.25, 0.3) is 0 Å². The van der Waals surface area contributed by atoms with E-state index in [1.165, 1.54) is 33.4 Å². The summed E-state index contributed by atoms with van der Waals surface area (Å²) in [6.07, 6.45) is 0. The Labute approximate surface area is 148 Å². The fourth-order valence-electron chi connectivity index (χ4n) is 3.94. The van der Waals surface area contributed by atoms with Crippen molar-refractivity contribution in [2.24, 2.45) is 5.92 Å². The van der Waals surface area contributed by atoms with Gasteiger partial charge in [-0.1, -0.05) is 91.8 Å². The molecule has 0 saturated carbocycles. The first-order valence-electron chi connectivity index (χ1n) is 9.29. The molecule has 0 aliphatic heterocycles. The molecule has 0 unspecified atom stereocenters. The van der Waals surface area contributed by atoms with E-state index in [2.05, 4.69) is 91.8 Å². The standard InChI is InChI=1S/C24H32/c1-15(2)22-18-11-9-16(23(3,4)5)13-20(18)21-14-17(24(6,7)8)10-12-19(21)22/h9-15,22H,1-8H3. The minimum atomic E-state index is 0.187. The lowest BCUT2D eigenvalue weighted by atomic mass is 9.82. The molecule has 1 aliphatic rings. The van der Waals surface area contributed by atoms with Crippen molar-refractivity contribution in [3.8, 4) is 11.1 Å². The van der Waals surface area contributed by atoms with Crippen LogP contribution in [0.3, 0.4) is 0 Å². The van der Waals surface area contributed by atoms with Gasteiger partial charge >= 0.3 is 0 Å². The van der Waals surface area contributed by atoms with Gasteiger partial charge in [-0.05, 0) is 50.1 Å². The van der Waals surface area contributed by atoms with Crippen molar-refractivity contribution in [1.82, 2.24) is 0 Å². The summed E-state index contributed by atoms with van der Waals surface area (Å²) in [5, 5.41) is 0. The number of fused-ring (bicyclic) bond motifs is 3. The maximum Gasteiger partial charge on any atom is 0.0125 e. The topological polar surface area (TPSA) is 0 Å². The highest BCUT2D eigenvalue weighted by Gasteiger charge is 2.32. The van der Waals surface area contributed by atoms with Crippen LogP contribution in [0.1, 0.15) is 83.6 Å². The molecule has 0 N–H and O–H groups in total. The average molecular weight is 321 g/mol. The molecule has 0 heterocycles. The van der Waals surface area contributed by atoms with Crippen LogP contribution in [-0.4, -0.2) is 0 Å². The summed E-state index contributed by atoms with van der Waals surface area (Å²) in [6, 6.07) is 14.3. The van der Waals surface area contributed by atoms with Crippen LogP contribution in [0.2, 0.25) is 0 Å². The highest BCUT2D eigenvalue weighted by molar-refractivity contribution is 5.80. The van der Waals surface area contributed by atoms with E-state index in [9.17, 15) is 0 Å². The van der Waals surface area contributed by atoms with Crippen molar-refractivity contribution in [2.45, 2.75) is 72.1 Å². The van der Waals surface area contributed by atoms with Gasteiger partial charge in [-0.3, -0.25) is 0 Å². The van der Waals surface area contributed by atoms with E-state index in [1.54, 1.807) is 0 Å². The number of hydrogen-bond acceptors (Lipinski definition) is 0. The quantitative estimate of drug-likeness (QED) is 0.528. The smallest absolute Gasteiger partial charge is 0.0125 e. The second-order valence-electron chi connectivity index (χ2n) is 9.83. The predicted molar refractivity (Wildman–Crippen MR) is 106 cm³/mol. The molecule has 0 radical (unpaired) electrons. The van der Waals surface area contributed by atoms with Gasteiger partial charge in [-0.2, -0.15) is 0 Å². The fraction of sp³-hybridized carbons (Fsp3) is 0.500. The zero-order valence-corrected chi connectivity index (χ0v) is 16.6. The van der Waals surface area contributed by atoms with Crippen molar-refractivity contribution >= 4 is 0 Å². The Hall–Kier alpha value is -1.56. The van der Waals surface area contributed by atoms with Gasteiger partial charge in [0.05, 0.1) is 0 Å². The third-order valence-corrected chi connectivity index (χ3v) is 5.47. The molecule has 0 atom stereocenters. The Morgan fingerprint density at radius 3 is 1.33 bits per heavy atom. The zero-order valence-electron chi connectivity index (χ0n) is 16.6. The van der Waals surface area contributed by atoms with Gasteiger partial charge in [-0.15, -0.1) is 0 Å². The first-order chi connectivity index (χ1) is 11.0. The average Bonchev–Trinajstić information content (AvgIpc) is 2.78. The van der Waals surface area contributed by atoms with Gasteiger partial charge in [0, 0.05) is 5.92 Å². The van der Waals surface area contributed by atoms with Gasteiger partial charge < -0.3 is 0 Å². The van der Waals surface area contributed by atoms with Crippen molar-refractivity contribution in [3.05, 3.63) is 58.7 Å². The second kappa shape index (κ2) is 5.48. The monoisotopic (exact) mass is 320 g/mol. The molecule has 1 aliphatic carbocycles. The zero-order chi connectivity index (χ0) is 17.9. The number of hydrogen-bond donors (Lipinski definition) is 0.